The molecule has 0 saturated heterocycles. The van der Waals surface area contributed by atoms with Crippen LogP contribution in [0.25, 0.3) is 22.2 Å². The molecule has 4 rings (SSSR count). The monoisotopic (exact) mass is 317 g/mol. The second kappa shape index (κ2) is 5.66. The Kier molecular flexibility index (Phi) is 3.35. The van der Waals surface area contributed by atoms with E-state index in [0.29, 0.717) is 5.69 Å². The fraction of sp³-hybridized carbons (Fsp3) is 0.0556. The number of hydrogen-bond donors (Lipinski definition) is 2. The van der Waals surface area contributed by atoms with Crippen molar-refractivity contribution >= 4 is 16.8 Å². The topological polar surface area (TPSA) is 89.6 Å². The van der Waals surface area contributed by atoms with Crippen LogP contribution in [0.15, 0.2) is 60.8 Å². The van der Waals surface area contributed by atoms with Crippen molar-refractivity contribution in [3.8, 4) is 11.3 Å². The van der Waals surface area contributed by atoms with Crippen LogP contribution in [-0.4, -0.2) is 25.9 Å². The van der Waals surface area contributed by atoms with Gasteiger partial charge in [-0.1, -0.05) is 36.4 Å². The molecule has 0 radical (unpaired) electrons. The molecule has 24 heavy (non-hydrogen) atoms. The molecule has 2 aromatic heterocycles. The van der Waals surface area contributed by atoms with Crippen molar-refractivity contribution < 1.29 is 4.79 Å². The van der Waals surface area contributed by atoms with E-state index in [-0.39, 0.29) is 5.69 Å². The third-order valence-electron chi connectivity index (χ3n) is 4.02. The summed E-state index contributed by atoms with van der Waals surface area (Å²) in [7, 11) is 0. The van der Waals surface area contributed by atoms with E-state index in [9.17, 15) is 4.79 Å². The van der Waals surface area contributed by atoms with Crippen molar-refractivity contribution in [1.82, 2.24) is 20.0 Å². The molecule has 1 amide bonds. The van der Waals surface area contributed by atoms with Crippen molar-refractivity contribution in [3.05, 3.63) is 72.1 Å². The van der Waals surface area contributed by atoms with Gasteiger partial charge in [0, 0.05) is 29.2 Å². The SMILES string of the molecule is NC(=O)c1n[nH]nc1-c1ccc2c(ccn2Cc2ccccc2)c1. The van der Waals surface area contributed by atoms with Crippen molar-refractivity contribution in [2.24, 2.45) is 5.73 Å². The van der Waals surface area contributed by atoms with Gasteiger partial charge in [-0.2, -0.15) is 15.4 Å². The fourth-order valence-corrected chi connectivity index (χ4v) is 2.87. The summed E-state index contributed by atoms with van der Waals surface area (Å²) in [6.45, 7) is 0.806. The molecule has 0 fully saturated rings. The molecule has 0 aliphatic rings. The Hall–Kier alpha value is -3.41. The molecule has 6 nitrogen and oxygen atoms in total. The first-order chi connectivity index (χ1) is 11.7. The zero-order chi connectivity index (χ0) is 16.5. The molecule has 118 valence electrons. The minimum absolute atomic E-state index is 0.151. The highest BCUT2D eigenvalue weighted by atomic mass is 16.1. The van der Waals surface area contributed by atoms with Gasteiger partial charge in [0.1, 0.15) is 5.69 Å². The molecule has 4 aromatic rings. The summed E-state index contributed by atoms with van der Waals surface area (Å²) in [5, 5.41) is 11.4. The Morgan fingerprint density at radius 3 is 2.71 bits per heavy atom. The molecule has 0 aliphatic carbocycles. The fourth-order valence-electron chi connectivity index (χ4n) is 2.87. The molecule has 0 atom stereocenters. The van der Waals surface area contributed by atoms with Crippen LogP contribution in [0.5, 0.6) is 0 Å². The van der Waals surface area contributed by atoms with Gasteiger partial charge in [0.2, 0.25) is 0 Å². The summed E-state index contributed by atoms with van der Waals surface area (Å²) >= 11 is 0. The predicted octanol–water partition coefficient (Wildman–Crippen LogP) is 2.57. The third kappa shape index (κ3) is 2.44. The van der Waals surface area contributed by atoms with E-state index in [4.69, 9.17) is 5.73 Å². The van der Waals surface area contributed by atoms with Gasteiger partial charge in [0.25, 0.3) is 5.91 Å². The number of aromatic nitrogens is 4. The Balaban J connectivity index is 1.73. The molecular weight excluding hydrogens is 302 g/mol. The zero-order valence-electron chi connectivity index (χ0n) is 12.8. The number of aromatic amines is 1. The summed E-state index contributed by atoms with van der Waals surface area (Å²) in [6, 6.07) is 18.3. The Morgan fingerprint density at radius 2 is 1.92 bits per heavy atom. The Labute approximate surface area is 137 Å². The van der Waals surface area contributed by atoms with Gasteiger partial charge in [-0.15, -0.1) is 0 Å². The maximum atomic E-state index is 11.4. The molecule has 0 aliphatic heterocycles. The lowest BCUT2D eigenvalue weighted by Gasteiger charge is -2.06. The number of amides is 1. The quantitative estimate of drug-likeness (QED) is 0.606. The minimum Gasteiger partial charge on any atom is -0.364 e. The summed E-state index contributed by atoms with van der Waals surface area (Å²) in [4.78, 5) is 11.4. The average molecular weight is 317 g/mol. The van der Waals surface area contributed by atoms with E-state index in [1.165, 1.54) is 5.56 Å². The number of hydrogen-bond acceptors (Lipinski definition) is 3. The maximum absolute atomic E-state index is 11.4. The summed E-state index contributed by atoms with van der Waals surface area (Å²) in [5.41, 5.74) is 9.12. The Morgan fingerprint density at radius 1 is 1.08 bits per heavy atom. The highest BCUT2D eigenvalue weighted by Gasteiger charge is 2.15. The molecule has 2 heterocycles. The van der Waals surface area contributed by atoms with Gasteiger partial charge in [-0.05, 0) is 23.8 Å². The number of carbonyl (C=O) groups is 1. The van der Waals surface area contributed by atoms with E-state index in [0.717, 1.165) is 23.0 Å². The first-order valence-electron chi connectivity index (χ1n) is 7.56. The standard InChI is InChI=1S/C18H15N5O/c19-18(24)17-16(20-22-21-17)14-6-7-15-13(10-14)8-9-23(15)11-12-4-2-1-3-5-12/h1-10H,11H2,(H2,19,24)(H,20,21,22). The second-order valence-electron chi connectivity index (χ2n) is 5.59. The van der Waals surface area contributed by atoms with Gasteiger partial charge in [-0.25, -0.2) is 0 Å². The van der Waals surface area contributed by atoms with E-state index in [1.54, 1.807) is 0 Å². The number of nitrogens with one attached hydrogen (secondary N) is 1. The molecule has 3 N–H and O–H groups in total. The number of carbonyl (C=O) groups excluding carboxylic acids is 1. The largest absolute Gasteiger partial charge is 0.364 e. The van der Waals surface area contributed by atoms with E-state index in [1.807, 2.05) is 42.5 Å². The highest BCUT2D eigenvalue weighted by Crippen LogP contribution is 2.25. The number of primary amides is 1. The lowest BCUT2D eigenvalue weighted by atomic mass is 10.1. The van der Waals surface area contributed by atoms with Crippen molar-refractivity contribution in [1.29, 1.82) is 0 Å². The highest BCUT2D eigenvalue weighted by molar-refractivity contribution is 5.97. The van der Waals surface area contributed by atoms with Gasteiger partial charge in [-0.3, -0.25) is 4.79 Å². The zero-order valence-corrected chi connectivity index (χ0v) is 12.8. The third-order valence-corrected chi connectivity index (χ3v) is 4.02. The smallest absolute Gasteiger partial charge is 0.271 e. The molecule has 6 heteroatoms. The minimum atomic E-state index is -0.597. The molecule has 0 bridgehead atoms. The van der Waals surface area contributed by atoms with Crippen LogP contribution in [0.1, 0.15) is 16.1 Å². The van der Waals surface area contributed by atoms with Crippen molar-refractivity contribution in [3.63, 3.8) is 0 Å². The van der Waals surface area contributed by atoms with Gasteiger partial charge >= 0.3 is 0 Å². The van der Waals surface area contributed by atoms with Crippen LogP contribution < -0.4 is 5.73 Å². The molecular formula is C18H15N5O. The van der Waals surface area contributed by atoms with Crippen molar-refractivity contribution in [2.45, 2.75) is 6.54 Å². The molecule has 0 saturated carbocycles. The Bertz CT molecular complexity index is 1020. The lowest BCUT2D eigenvalue weighted by molar-refractivity contribution is 0.0996. The van der Waals surface area contributed by atoms with Gasteiger partial charge < -0.3 is 10.3 Å². The van der Waals surface area contributed by atoms with Crippen LogP contribution in [-0.2, 0) is 6.54 Å². The summed E-state index contributed by atoms with van der Waals surface area (Å²) in [5.74, 6) is -0.597. The maximum Gasteiger partial charge on any atom is 0.271 e. The van der Waals surface area contributed by atoms with Crippen LogP contribution in [0.3, 0.4) is 0 Å². The molecule has 0 unspecified atom stereocenters. The molecule has 0 spiro atoms. The predicted molar refractivity (Wildman–Crippen MR) is 91.4 cm³/mol. The average Bonchev–Trinajstić information content (AvgIpc) is 3.23. The number of nitrogens with two attached hydrogens (primary N) is 1. The second-order valence-corrected chi connectivity index (χ2v) is 5.59. The van der Waals surface area contributed by atoms with Gasteiger partial charge in [0.15, 0.2) is 5.69 Å². The van der Waals surface area contributed by atoms with E-state index in [2.05, 4.69) is 38.3 Å². The summed E-state index contributed by atoms with van der Waals surface area (Å²) in [6.07, 6.45) is 2.05. The first kappa shape index (κ1) is 14.2. The number of rotatable bonds is 4. The first-order valence-corrected chi connectivity index (χ1v) is 7.56. The normalized spacial score (nSPS) is 11.0. The summed E-state index contributed by atoms with van der Waals surface area (Å²) < 4.78 is 2.19. The number of fused-ring (bicyclic) bond motifs is 1. The van der Waals surface area contributed by atoms with Crippen molar-refractivity contribution in [2.75, 3.05) is 0 Å². The van der Waals surface area contributed by atoms with Gasteiger partial charge in [0.05, 0.1) is 0 Å². The van der Waals surface area contributed by atoms with E-state index < -0.39 is 5.91 Å². The number of H-pyrrole nitrogens is 1. The number of nitrogens with zero attached hydrogens (tertiary/aromatic N) is 3. The van der Waals surface area contributed by atoms with Crippen LogP contribution in [0.2, 0.25) is 0 Å². The van der Waals surface area contributed by atoms with Crippen LogP contribution in [0.4, 0.5) is 0 Å². The van der Waals surface area contributed by atoms with Crippen LogP contribution >= 0.6 is 0 Å². The van der Waals surface area contributed by atoms with E-state index >= 15 is 0 Å². The number of benzene rings is 2. The molecule has 2 aromatic carbocycles. The lowest BCUT2D eigenvalue weighted by Crippen LogP contribution is -2.12. The van der Waals surface area contributed by atoms with Crippen LogP contribution in [0, 0.1) is 0 Å².